The molecule has 0 bridgehead atoms. The summed E-state index contributed by atoms with van der Waals surface area (Å²) in [5.74, 6) is -1.47. The maximum atomic E-state index is 13.4. The summed E-state index contributed by atoms with van der Waals surface area (Å²) in [7, 11) is 0. The van der Waals surface area contributed by atoms with Crippen LogP contribution in [0.1, 0.15) is 11.8 Å². The molecule has 100 valence electrons. The van der Waals surface area contributed by atoms with E-state index in [-0.39, 0.29) is 18.1 Å². The highest BCUT2D eigenvalue weighted by atomic mass is 32.1. The predicted octanol–water partition coefficient (Wildman–Crippen LogP) is 3.60. The summed E-state index contributed by atoms with van der Waals surface area (Å²) in [5.41, 5.74) is 0.492. The minimum absolute atomic E-state index is 0.162. The van der Waals surface area contributed by atoms with E-state index in [9.17, 15) is 13.6 Å². The molecule has 1 heterocycles. The Kier molecular flexibility index (Phi) is 4.11. The first kappa shape index (κ1) is 13.5. The number of para-hydroxylation sites is 1. The molecule has 2 N–H and O–H groups in total. The number of hydrogen-bond donors (Lipinski definition) is 2. The third-order valence-corrected chi connectivity index (χ3v) is 3.37. The molecule has 2 rings (SSSR count). The third-order valence-electron chi connectivity index (χ3n) is 2.44. The number of hydrogen-bond acceptors (Lipinski definition) is 3. The molecule has 0 fully saturated rings. The molecular formula is C13H12F2N2OS. The van der Waals surface area contributed by atoms with E-state index in [0.29, 0.717) is 5.69 Å². The van der Waals surface area contributed by atoms with E-state index in [1.807, 2.05) is 0 Å². The van der Waals surface area contributed by atoms with Crippen molar-refractivity contribution in [1.29, 1.82) is 0 Å². The minimum atomic E-state index is -0.641. The lowest BCUT2D eigenvalue weighted by Crippen LogP contribution is -2.09. The number of halogens is 2. The number of carbonyl (C=O) groups excluding carboxylic acids is 1. The molecule has 1 aromatic carbocycles. The fourth-order valence-electron chi connectivity index (χ4n) is 1.61. The Morgan fingerprint density at radius 2 is 1.95 bits per heavy atom. The number of nitrogens with one attached hydrogen (secondary N) is 2. The van der Waals surface area contributed by atoms with E-state index in [0.717, 1.165) is 4.88 Å². The van der Waals surface area contributed by atoms with Crippen molar-refractivity contribution < 1.29 is 13.6 Å². The van der Waals surface area contributed by atoms with Crippen LogP contribution >= 0.6 is 11.3 Å². The maximum Gasteiger partial charge on any atom is 0.221 e. The van der Waals surface area contributed by atoms with Crippen molar-refractivity contribution in [2.45, 2.75) is 13.5 Å². The van der Waals surface area contributed by atoms with Crippen molar-refractivity contribution in [3.05, 3.63) is 46.2 Å². The second-order valence-electron chi connectivity index (χ2n) is 3.89. The lowest BCUT2D eigenvalue weighted by molar-refractivity contribution is -0.114. The normalized spacial score (nSPS) is 10.3. The SMILES string of the molecule is CC(=O)Nc1ccsc1CNc1c(F)cccc1F. The summed E-state index contributed by atoms with van der Waals surface area (Å²) >= 11 is 1.40. The van der Waals surface area contributed by atoms with Crippen LogP contribution in [0.15, 0.2) is 29.6 Å². The van der Waals surface area contributed by atoms with Gasteiger partial charge in [0.1, 0.15) is 17.3 Å². The minimum Gasteiger partial charge on any atom is -0.375 e. The Bertz CT molecular complexity index is 578. The molecule has 0 spiro atoms. The maximum absolute atomic E-state index is 13.4. The summed E-state index contributed by atoms with van der Waals surface area (Å²) in [5, 5.41) is 7.17. The van der Waals surface area contributed by atoms with Gasteiger partial charge in [0, 0.05) is 11.8 Å². The molecule has 6 heteroatoms. The van der Waals surface area contributed by atoms with Crippen LogP contribution in [0.25, 0.3) is 0 Å². The predicted molar refractivity (Wildman–Crippen MR) is 72.3 cm³/mol. The van der Waals surface area contributed by atoms with Crippen LogP contribution in [-0.4, -0.2) is 5.91 Å². The van der Waals surface area contributed by atoms with Crippen molar-refractivity contribution in [2.24, 2.45) is 0 Å². The van der Waals surface area contributed by atoms with Gasteiger partial charge < -0.3 is 10.6 Å². The fourth-order valence-corrected chi connectivity index (χ4v) is 2.38. The highest BCUT2D eigenvalue weighted by Crippen LogP contribution is 2.25. The first-order valence-electron chi connectivity index (χ1n) is 5.60. The topological polar surface area (TPSA) is 41.1 Å². The molecule has 2 aromatic rings. The first-order valence-corrected chi connectivity index (χ1v) is 6.47. The summed E-state index contributed by atoms with van der Waals surface area (Å²) in [6, 6.07) is 5.44. The molecule has 0 saturated heterocycles. The number of thiophene rings is 1. The average Bonchev–Trinajstić information content (AvgIpc) is 2.75. The fraction of sp³-hybridized carbons (Fsp3) is 0.154. The van der Waals surface area contributed by atoms with Crippen molar-refractivity contribution in [3.8, 4) is 0 Å². The van der Waals surface area contributed by atoms with Gasteiger partial charge in [-0.1, -0.05) is 6.07 Å². The molecule has 0 saturated carbocycles. The second-order valence-corrected chi connectivity index (χ2v) is 4.89. The van der Waals surface area contributed by atoms with E-state index in [4.69, 9.17) is 0 Å². The molecule has 19 heavy (non-hydrogen) atoms. The van der Waals surface area contributed by atoms with Gasteiger partial charge in [0.15, 0.2) is 0 Å². The summed E-state index contributed by atoms with van der Waals surface area (Å²) < 4.78 is 26.8. The van der Waals surface area contributed by atoms with Gasteiger partial charge >= 0.3 is 0 Å². The summed E-state index contributed by atoms with van der Waals surface area (Å²) in [6.07, 6.45) is 0. The Labute approximate surface area is 113 Å². The Morgan fingerprint density at radius 1 is 1.26 bits per heavy atom. The van der Waals surface area contributed by atoms with Gasteiger partial charge in [-0.2, -0.15) is 0 Å². The van der Waals surface area contributed by atoms with E-state index in [2.05, 4.69) is 10.6 Å². The number of anilines is 2. The van der Waals surface area contributed by atoms with E-state index < -0.39 is 11.6 Å². The van der Waals surface area contributed by atoms with Crippen molar-refractivity contribution in [3.63, 3.8) is 0 Å². The van der Waals surface area contributed by atoms with Crippen LogP contribution < -0.4 is 10.6 Å². The smallest absolute Gasteiger partial charge is 0.221 e. The molecule has 0 atom stereocenters. The Morgan fingerprint density at radius 3 is 2.58 bits per heavy atom. The van der Waals surface area contributed by atoms with Gasteiger partial charge in [-0.15, -0.1) is 11.3 Å². The Hall–Kier alpha value is -1.95. The van der Waals surface area contributed by atoms with Crippen LogP contribution in [0.4, 0.5) is 20.2 Å². The Balaban J connectivity index is 2.11. The van der Waals surface area contributed by atoms with Crippen LogP contribution in [0.3, 0.4) is 0 Å². The number of benzene rings is 1. The largest absolute Gasteiger partial charge is 0.375 e. The number of amides is 1. The van der Waals surface area contributed by atoms with Crippen molar-refractivity contribution in [2.75, 3.05) is 10.6 Å². The van der Waals surface area contributed by atoms with E-state index in [1.165, 1.54) is 36.5 Å². The highest BCUT2D eigenvalue weighted by molar-refractivity contribution is 7.10. The van der Waals surface area contributed by atoms with Crippen LogP contribution in [0.2, 0.25) is 0 Å². The standard InChI is InChI=1S/C13H12F2N2OS/c1-8(18)17-11-5-6-19-12(11)7-16-13-9(14)3-2-4-10(13)15/h2-6,16H,7H2,1H3,(H,17,18). The first-order chi connectivity index (χ1) is 9.08. The van der Waals surface area contributed by atoms with Crippen LogP contribution in [0.5, 0.6) is 0 Å². The van der Waals surface area contributed by atoms with E-state index in [1.54, 1.807) is 11.4 Å². The molecular weight excluding hydrogens is 270 g/mol. The number of rotatable bonds is 4. The van der Waals surface area contributed by atoms with E-state index >= 15 is 0 Å². The third kappa shape index (κ3) is 3.29. The molecule has 3 nitrogen and oxygen atoms in total. The van der Waals surface area contributed by atoms with Gasteiger partial charge in [-0.25, -0.2) is 8.78 Å². The van der Waals surface area contributed by atoms with Gasteiger partial charge in [0.2, 0.25) is 5.91 Å². The van der Waals surface area contributed by atoms with Gasteiger partial charge in [-0.3, -0.25) is 4.79 Å². The van der Waals surface area contributed by atoms with Gasteiger partial charge in [-0.05, 0) is 23.6 Å². The second kappa shape index (κ2) is 5.79. The quantitative estimate of drug-likeness (QED) is 0.899. The van der Waals surface area contributed by atoms with Crippen molar-refractivity contribution >= 4 is 28.6 Å². The molecule has 1 aromatic heterocycles. The zero-order valence-electron chi connectivity index (χ0n) is 10.2. The van der Waals surface area contributed by atoms with Crippen LogP contribution in [-0.2, 0) is 11.3 Å². The zero-order valence-corrected chi connectivity index (χ0v) is 11.0. The molecule has 0 aliphatic rings. The van der Waals surface area contributed by atoms with Crippen molar-refractivity contribution in [1.82, 2.24) is 0 Å². The lowest BCUT2D eigenvalue weighted by Gasteiger charge is -2.09. The van der Waals surface area contributed by atoms with Gasteiger partial charge in [0.25, 0.3) is 0 Å². The van der Waals surface area contributed by atoms with Gasteiger partial charge in [0.05, 0.1) is 12.2 Å². The molecule has 0 aliphatic carbocycles. The monoisotopic (exact) mass is 282 g/mol. The molecule has 1 amide bonds. The summed E-state index contributed by atoms with van der Waals surface area (Å²) in [4.78, 5) is 11.8. The zero-order chi connectivity index (χ0) is 13.8. The number of carbonyl (C=O) groups is 1. The summed E-state index contributed by atoms with van der Waals surface area (Å²) in [6.45, 7) is 1.65. The average molecular weight is 282 g/mol. The lowest BCUT2D eigenvalue weighted by atomic mass is 10.3. The highest BCUT2D eigenvalue weighted by Gasteiger charge is 2.10. The molecule has 0 radical (unpaired) electrons. The molecule has 0 unspecified atom stereocenters. The molecule has 0 aliphatic heterocycles. The van der Waals surface area contributed by atoms with Crippen LogP contribution in [0, 0.1) is 11.6 Å².